The topological polar surface area (TPSA) is 89.1 Å². The molecule has 2 aliphatic rings. The maximum absolute atomic E-state index is 12.6. The third-order valence-electron chi connectivity index (χ3n) is 7.20. The van der Waals surface area contributed by atoms with Crippen molar-refractivity contribution in [3.8, 4) is 0 Å². The fraction of sp³-hybridized carbons (Fsp3) is 0.556. The fourth-order valence-electron chi connectivity index (χ4n) is 5.00. The second-order valence-electron chi connectivity index (χ2n) is 9.55. The monoisotopic (exact) mass is 515 g/mol. The minimum absolute atomic E-state index is 0.221. The van der Waals surface area contributed by atoms with Crippen LogP contribution in [0.3, 0.4) is 0 Å². The number of esters is 1. The second-order valence-corrected chi connectivity index (χ2v) is 10.7. The summed E-state index contributed by atoms with van der Waals surface area (Å²) in [5, 5.41) is 7.50. The van der Waals surface area contributed by atoms with Crippen LogP contribution in [0.5, 0.6) is 0 Å². The minimum atomic E-state index is -0.471. The molecule has 0 atom stereocenters. The van der Waals surface area contributed by atoms with Gasteiger partial charge in [-0.05, 0) is 43.7 Å². The van der Waals surface area contributed by atoms with E-state index in [1.807, 2.05) is 37.3 Å². The molecular formula is C27H37N3O5S. The number of alkyl carbamates (subject to hydrolysis) is 1. The summed E-state index contributed by atoms with van der Waals surface area (Å²) in [6.45, 7) is 4.65. The van der Waals surface area contributed by atoms with E-state index in [-0.39, 0.29) is 12.6 Å². The van der Waals surface area contributed by atoms with Crippen molar-refractivity contribution in [3.05, 3.63) is 51.9 Å². The lowest BCUT2D eigenvalue weighted by atomic mass is 9.88. The van der Waals surface area contributed by atoms with Gasteiger partial charge in [0.25, 0.3) is 0 Å². The number of methoxy groups -OCH3 is 2. The number of hydrogen-bond acceptors (Lipinski definition) is 8. The number of carbonyl (C=O) groups excluding carboxylic acids is 2. The number of benzene rings is 1. The molecule has 196 valence electrons. The van der Waals surface area contributed by atoms with Gasteiger partial charge in [0.1, 0.15) is 6.61 Å². The predicted octanol–water partition coefficient (Wildman–Crippen LogP) is 4.37. The van der Waals surface area contributed by atoms with Gasteiger partial charge in [0, 0.05) is 50.1 Å². The Morgan fingerprint density at radius 2 is 1.81 bits per heavy atom. The smallest absolute Gasteiger partial charge is 0.407 e. The van der Waals surface area contributed by atoms with Crippen molar-refractivity contribution in [2.24, 2.45) is 0 Å². The first kappa shape index (κ1) is 26.4. The first-order valence-electron chi connectivity index (χ1n) is 12.7. The van der Waals surface area contributed by atoms with Crippen molar-refractivity contribution < 1.29 is 23.8 Å². The van der Waals surface area contributed by atoms with Crippen molar-refractivity contribution in [1.82, 2.24) is 10.2 Å². The van der Waals surface area contributed by atoms with Gasteiger partial charge in [-0.15, -0.1) is 11.3 Å². The van der Waals surface area contributed by atoms with Crippen LogP contribution in [-0.2, 0) is 27.2 Å². The number of rotatable bonds is 10. The van der Waals surface area contributed by atoms with Crippen molar-refractivity contribution in [1.29, 1.82) is 0 Å². The number of thiophene rings is 1. The molecule has 2 heterocycles. The molecular weight excluding hydrogens is 478 g/mol. The van der Waals surface area contributed by atoms with Gasteiger partial charge in [-0.25, -0.2) is 9.59 Å². The number of anilines is 1. The summed E-state index contributed by atoms with van der Waals surface area (Å²) in [7, 11) is 3.19. The fourth-order valence-corrected chi connectivity index (χ4v) is 6.27. The average molecular weight is 516 g/mol. The molecule has 1 aromatic carbocycles. The highest BCUT2D eigenvalue weighted by atomic mass is 32.1. The molecule has 0 bridgehead atoms. The van der Waals surface area contributed by atoms with E-state index in [4.69, 9.17) is 14.2 Å². The molecule has 4 rings (SSSR count). The normalized spacial score (nSPS) is 20.4. The van der Waals surface area contributed by atoms with Crippen molar-refractivity contribution in [2.75, 3.05) is 39.2 Å². The molecule has 1 aliphatic heterocycles. The summed E-state index contributed by atoms with van der Waals surface area (Å²) in [5.74, 6) is -0.340. The summed E-state index contributed by atoms with van der Waals surface area (Å²) in [5.41, 5.74) is 2.45. The molecule has 36 heavy (non-hydrogen) atoms. The highest BCUT2D eigenvalue weighted by molar-refractivity contribution is 7.16. The summed E-state index contributed by atoms with van der Waals surface area (Å²) < 4.78 is 15.8. The van der Waals surface area contributed by atoms with Crippen molar-refractivity contribution in [3.63, 3.8) is 0 Å². The summed E-state index contributed by atoms with van der Waals surface area (Å²) in [6, 6.07) is 10.6. The third-order valence-corrected chi connectivity index (χ3v) is 8.48. The van der Waals surface area contributed by atoms with Crippen LogP contribution in [0, 0.1) is 6.92 Å². The molecule has 8 nitrogen and oxygen atoms in total. The van der Waals surface area contributed by atoms with Crippen molar-refractivity contribution in [2.45, 2.75) is 63.8 Å². The quantitative estimate of drug-likeness (QED) is 0.454. The Bertz CT molecular complexity index is 1010. The largest absolute Gasteiger partial charge is 0.465 e. The van der Waals surface area contributed by atoms with E-state index >= 15 is 0 Å². The Morgan fingerprint density at radius 1 is 1.08 bits per heavy atom. The van der Waals surface area contributed by atoms with Crippen LogP contribution >= 0.6 is 11.3 Å². The van der Waals surface area contributed by atoms with E-state index in [0.29, 0.717) is 36.7 Å². The Kier molecular flexibility index (Phi) is 9.23. The molecule has 1 saturated carbocycles. The molecule has 9 heteroatoms. The van der Waals surface area contributed by atoms with E-state index in [9.17, 15) is 9.59 Å². The maximum Gasteiger partial charge on any atom is 0.407 e. The van der Waals surface area contributed by atoms with Crippen LogP contribution in [-0.4, -0.2) is 69.0 Å². The Balaban J connectivity index is 1.29. The van der Waals surface area contributed by atoms with Gasteiger partial charge in [-0.1, -0.05) is 30.3 Å². The lowest BCUT2D eigenvalue weighted by Gasteiger charge is -2.46. The summed E-state index contributed by atoms with van der Waals surface area (Å²) in [4.78, 5) is 28.1. The second kappa shape index (κ2) is 12.6. The Morgan fingerprint density at radius 3 is 2.47 bits per heavy atom. The van der Waals surface area contributed by atoms with Gasteiger partial charge in [0.15, 0.2) is 0 Å². The molecule has 2 fully saturated rings. The Hall–Kier alpha value is -2.62. The summed E-state index contributed by atoms with van der Waals surface area (Å²) in [6.07, 6.45) is 5.00. The Labute approximate surface area is 217 Å². The number of amides is 1. The first-order valence-corrected chi connectivity index (χ1v) is 13.5. The first-order chi connectivity index (χ1) is 17.5. The number of likely N-dealkylation sites (tertiary alicyclic amines) is 1. The molecule has 2 N–H and O–H groups in total. The molecule has 1 aliphatic carbocycles. The van der Waals surface area contributed by atoms with Gasteiger partial charge in [0.2, 0.25) is 0 Å². The minimum Gasteiger partial charge on any atom is -0.465 e. The van der Waals surface area contributed by atoms with E-state index in [2.05, 4.69) is 15.5 Å². The predicted molar refractivity (Wildman–Crippen MR) is 141 cm³/mol. The molecule has 0 radical (unpaired) electrons. The maximum atomic E-state index is 12.6. The number of nitrogens with zero attached hydrogens (tertiary/aromatic N) is 1. The molecule has 1 amide bonds. The molecule has 2 aromatic rings. The number of carbonyl (C=O) groups is 2. The number of nitrogens with one attached hydrogen (secondary N) is 2. The average Bonchev–Trinajstić information content (AvgIpc) is 3.17. The summed E-state index contributed by atoms with van der Waals surface area (Å²) >= 11 is 1.58. The van der Waals surface area contributed by atoms with E-state index in [1.54, 1.807) is 18.4 Å². The lowest BCUT2D eigenvalue weighted by molar-refractivity contribution is -0.0574. The van der Waals surface area contributed by atoms with Gasteiger partial charge >= 0.3 is 12.1 Å². The standard InChI is InChI=1S/C27H37N3O5S/c1-18-24(26(31)34-3)23(13-14-28-27(32)35-17-19-7-5-4-6-8-19)36-25(18)29-20-9-11-21(12-10-20)30-15-22(16-30)33-2/h4-8,20-22,29H,9-17H2,1-3H3,(H,28,32). The number of hydrogen-bond donors (Lipinski definition) is 2. The van der Waals surface area contributed by atoms with Gasteiger partial charge in [0.05, 0.1) is 23.8 Å². The third kappa shape index (κ3) is 6.57. The van der Waals surface area contributed by atoms with Gasteiger partial charge in [-0.2, -0.15) is 0 Å². The molecule has 0 unspecified atom stereocenters. The molecule has 1 aromatic heterocycles. The molecule has 0 spiro atoms. The van der Waals surface area contributed by atoms with Gasteiger partial charge < -0.3 is 24.8 Å². The van der Waals surface area contributed by atoms with Crippen molar-refractivity contribution >= 4 is 28.4 Å². The van der Waals surface area contributed by atoms with E-state index in [1.165, 1.54) is 20.0 Å². The van der Waals surface area contributed by atoms with Crippen LogP contribution < -0.4 is 10.6 Å². The van der Waals surface area contributed by atoms with Crippen LogP contribution in [0.4, 0.5) is 9.80 Å². The van der Waals surface area contributed by atoms with E-state index < -0.39 is 6.09 Å². The highest BCUT2D eigenvalue weighted by Crippen LogP contribution is 2.36. The zero-order valence-electron chi connectivity index (χ0n) is 21.4. The lowest BCUT2D eigenvalue weighted by Crippen LogP contribution is -2.57. The van der Waals surface area contributed by atoms with Gasteiger partial charge in [-0.3, -0.25) is 4.90 Å². The highest BCUT2D eigenvalue weighted by Gasteiger charge is 2.34. The van der Waals surface area contributed by atoms with E-state index in [0.717, 1.165) is 46.9 Å². The SMILES string of the molecule is COC(=O)c1c(CCNC(=O)OCc2ccccc2)sc(NC2CCC(N3CC(OC)C3)CC2)c1C. The van der Waals surface area contributed by atoms with Crippen LogP contribution in [0.15, 0.2) is 30.3 Å². The zero-order valence-corrected chi connectivity index (χ0v) is 22.2. The van der Waals surface area contributed by atoms with Crippen LogP contribution in [0.2, 0.25) is 0 Å². The van der Waals surface area contributed by atoms with Crippen LogP contribution in [0.25, 0.3) is 0 Å². The zero-order chi connectivity index (χ0) is 25.5. The van der Waals surface area contributed by atoms with Crippen LogP contribution in [0.1, 0.15) is 52.0 Å². The molecule has 1 saturated heterocycles. The number of ether oxygens (including phenoxy) is 3.